The zero-order valence-corrected chi connectivity index (χ0v) is 14.9. The minimum atomic E-state index is 0.657. The van der Waals surface area contributed by atoms with Gasteiger partial charge in [0.2, 0.25) is 0 Å². The van der Waals surface area contributed by atoms with Crippen molar-refractivity contribution in [3.8, 4) is 22.8 Å². The summed E-state index contributed by atoms with van der Waals surface area (Å²) in [6.45, 7) is 0. The molecular formula is C19H16N4O2S. The summed E-state index contributed by atoms with van der Waals surface area (Å²) in [5, 5.41) is 13.6. The van der Waals surface area contributed by atoms with Gasteiger partial charge in [-0.1, -0.05) is 35.1 Å². The fourth-order valence-electron chi connectivity index (χ4n) is 2.55. The zero-order valence-electron chi connectivity index (χ0n) is 14.1. The van der Waals surface area contributed by atoms with E-state index in [2.05, 4.69) is 15.4 Å². The van der Waals surface area contributed by atoms with Crippen molar-refractivity contribution in [3.63, 3.8) is 0 Å². The monoisotopic (exact) mass is 364 g/mol. The van der Waals surface area contributed by atoms with E-state index in [0.717, 1.165) is 33.7 Å². The molecule has 0 aliphatic heterocycles. The molecule has 0 saturated carbocycles. The van der Waals surface area contributed by atoms with E-state index < -0.39 is 0 Å². The van der Waals surface area contributed by atoms with Gasteiger partial charge in [-0.15, -0.1) is 10.2 Å². The summed E-state index contributed by atoms with van der Waals surface area (Å²) in [6, 6.07) is 19.7. The van der Waals surface area contributed by atoms with Gasteiger partial charge in [-0.25, -0.2) is 0 Å². The Morgan fingerprint density at radius 3 is 2.50 bits per heavy atom. The first-order valence-electron chi connectivity index (χ1n) is 8.02. The molecule has 4 aromatic rings. The maximum Gasteiger partial charge on any atom is 0.196 e. The van der Waals surface area contributed by atoms with E-state index in [0.29, 0.717) is 5.75 Å². The van der Waals surface area contributed by atoms with Gasteiger partial charge in [-0.05, 0) is 36.4 Å². The lowest BCUT2D eigenvalue weighted by atomic mass is 10.2. The fourth-order valence-corrected chi connectivity index (χ4v) is 3.40. The molecule has 0 N–H and O–H groups in total. The summed E-state index contributed by atoms with van der Waals surface area (Å²) in [6.07, 6.45) is 1.57. The summed E-state index contributed by atoms with van der Waals surface area (Å²) in [5.74, 6) is 2.24. The minimum Gasteiger partial charge on any atom is -0.497 e. The Kier molecular flexibility index (Phi) is 4.70. The van der Waals surface area contributed by atoms with E-state index in [4.69, 9.17) is 9.26 Å². The summed E-state index contributed by atoms with van der Waals surface area (Å²) in [5.41, 5.74) is 2.84. The molecule has 0 spiro atoms. The van der Waals surface area contributed by atoms with Crippen molar-refractivity contribution in [2.24, 2.45) is 0 Å². The Morgan fingerprint density at radius 2 is 1.81 bits per heavy atom. The highest BCUT2D eigenvalue weighted by Gasteiger charge is 2.16. The standard InChI is InChI=1S/C19H16N4O2S/c1-24-17-9-7-14(8-10-17)18-20-21-19(26-13-15-11-12-25-22-15)23(18)16-5-3-2-4-6-16/h2-12H,13H2,1H3. The van der Waals surface area contributed by atoms with Crippen LogP contribution in [0, 0.1) is 0 Å². The molecule has 0 amide bonds. The SMILES string of the molecule is COc1ccc(-c2nnc(SCc3ccon3)n2-c2ccccc2)cc1. The summed E-state index contributed by atoms with van der Waals surface area (Å²) in [4.78, 5) is 0. The topological polar surface area (TPSA) is 66.0 Å². The van der Waals surface area contributed by atoms with Crippen LogP contribution in [0.15, 0.2) is 76.6 Å². The van der Waals surface area contributed by atoms with Crippen molar-refractivity contribution in [1.29, 1.82) is 0 Å². The number of hydrogen-bond acceptors (Lipinski definition) is 6. The van der Waals surface area contributed by atoms with E-state index in [-0.39, 0.29) is 0 Å². The van der Waals surface area contributed by atoms with Crippen molar-refractivity contribution < 1.29 is 9.26 Å². The Hall–Kier alpha value is -3.06. The van der Waals surface area contributed by atoms with Crippen LogP contribution in [0.5, 0.6) is 5.75 Å². The van der Waals surface area contributed by atoms with Gasteiger partial charge in [0.1, 0.15) is 12.0 Å². The van der Waals surface area contributed by atoms with Crippen LogP contribution in [0.25, 0.3) is 17.1 Å². The van der Waals surface area contributed by atoms with Gasteiger partial charge in [-0.3, -0.25) is 4.57 Å². The Morgan fingerprint density at radius 1 is 1.00 bits per heavy atom. The lowest BCUT2D eigenvalue weighted by Crippen LogP contribution is -1.99. The van der Waals surface area contributed by atoms with Crippen LogP contribution in [0.4, 0.5) is 0 Å². The van der Waals surface area contributed by atoms with Crippen LogP contribution in [-0.4, -0.2) is 27.0 Å². The van der Waals surface area contributed by atoms with Crippen molar-refractivity contribution >= 4 is 11.8 Å². The average Bonchev–Trinajstić information content (AvgIpc) is 3.37. The predicted octanol–water partition coefficient (Wildman–Crippen LogP) is 4.22. The molecule has 0 unspecified atom stereocenters. The second kappa shape index (κ2) is 7.45. The van der Waals surface area contributed by atoms with Crippen molar-refractivity contribution in [2.45, 2.75) is 10.9 Å². The van der Waals surface area contributed by atoms with Crippen LogP contribution in [0.2, 0.25) is 0 Å². The lowest BCUT2D eigenvalue weighted by molar-refractivity contribution is 0.414. The number of aromatic nitrogens is 4. The van der Waals surface area contributed by atoms with Crippen LogP contribution in [-0.2, 0) is 5.75 Å². The largest absolute Gasteiger partial charge is 0.497 e. The van der Waals surface area contributed by atoms with E-state index in [1.165, 1.54) is 0 Å². The van der Waals surface area contributed by atoms with Gasteiger partial charge >= 0.3 is 0 Å². The lowest BCUT2D eigenvalue weighted by Gasteiger charge is -2.10. The first-order chi connectivity index (χ1) is 12.8. The van der Waals surface area contributed by atoms with Gasteiger partial charge in [0.25, 0.3) is 0 Å². The first kappa shape index (κ1) is 16.4. The maximum atomic E-state index is 5.24. The molecule has 0 fully saturated rings. The molecular weight excluding hydrogens is 348 g/mol. The molecule has 0 aliphatic rings. The van der Waals surface area contributed by atoms with Gasteiger partial charge in [0.15, 0.2) is 11.0 Å². The number of para-hydroxylation sites is 1. The summed E-state index contributed by atoms with van der Waals surface area (Å²) >= 11 is 1.56. The Balaban J connectivity index is 1.73. The highest BCUT2D eigenvalue weighted by molar-refractivity contribution is 7.98. The number of benzene rings is 2. The van der Waals surface area contributed by atoms with E-state index in [9.17, 15) is 0 Å². The minimum absolute atomic E-state index is 0.657. The fraction of sp³-hybridized carbons (Fsp3) is 0.105. The molecule has 0 atom stereocenters. The van der Waals surface area contributed by atoms with E-state index in [1.807, 2.05) is 65.2 Å². The number of nitrogens with zero attached hydrogens (tertiary/aromatic N) is 4. The molecule has 0 radical (unpaired) electrons. The summed E-state index contributed by atoms with van der Waals surface area (Å²) < 4.78 is 12.2. The van der Waals surface area contributed by atoms with Crippen molar-refractivity contribution in [2.75, 3.05) is 7.11 Å². The second-order valence-corrected chi connectivity index (χ2v) is 6.43. The maximum absolute atomic E-state index is 5.24. The number of ether oxygens (including phenoxy) is 1. The molecule has 0 saturated heterocycles. The second-order valence-electron chi connectivity index (χ2n) is 5.49. The van der Waals surface area contributed by atoms with Crippen LogP contribution in [0.1, 0.15) is 5.69 Å². The Labute approximate surface area is 154 Å². The molecule has 130 valence electrons. The number of rotatable bonds is 6. The normalized spacial score (nSPS) is 10.8. The van der Waals surface area contributed by atoms with Gasteiger partial charge in [-0.2, -0.15) is 0 Å². The molecule has 2 heterocycles. The molecule has 0 aliphatic carbocycles. The zero-order chi connectivity index (χ0) is 17.8. The number of hydrogen-bond donors (Lipinski definition) is 0. The molecule has 0 bridgehead atoms. The third-order valence-corrected chi connectivity index (χ3v) is 4.80. The van der Waals surface area contributed by atoms with Crippen LogP contribution >= 0.6 is 11.8 Å². The molecule has 26 heavy (non-hydrogen) atoms. The van der Waals surface area contributed by atoms with Crippen LogP contribution < -0.4 is 4.74 Å². The van der Waals surface area contributed by atoms with E-state index in [1.54, 1.807) is 25.1 Å². The van der Waals surface area contributed by atoms with Crippen molar-refractivity contribution in [1.82, 2.24) is 19.9 Å². The van der Waals surface area contributed by atoms with E-state index >= 15 is 0 Å². The van der Waals surface area contributed by atoms with Gasteiger partial charge in [0, 0.05) is 23.1 Å². The molecule has 4 rings (SSSR count). The van der Waals surface area contributed by atoms with Crippen LogP contribution in [0.3, 0.4) is 0 Å². The Bertz CT molecular complexity index is 967. The smallest absolute Gasteiger partial charge is 0.196 e. The predicted molar refractivity (Wildman–Crippen MR) is 99.4 cm³/mol. The van der Waals surface area contributed by atoms with Gasteiger partial charge in [0.05, 0.1) is 12.8 Å². The first-order valence-corrected chi connectivity index (χ1v) is 9.01. The molecule has 7 heteroatoms. The number of methoxy groups -OCH3 is 1. The quantitative estimate of drug-likeness (QED) is 0.477. The highest BCUT2D eigenvalue weighted by atomic mass is 32.2. The highest BCUT2D eigenvalue weighted by Crippen LogP contribution is 2.30. The third-order valence-electron chi connectivity index (χ3n) is 3.84. The van der Waals surface area contributed by atoms with Crippen molar-refractivity contribution in [3.05, 3.63) is 72.6 Å². The molecule has 6 nitrogen and oxygen atoms in total. The molecule has 2 aromatic heterocycles. The average molecular weight is 364 g/mol. The summed E-state index contributed by atoms with van der Waals surface area (Å²) in [7, 11) is 1.65. The third kappa shape index (κ3) is 3.34. The molecule has 2 aromatic carbocycles. The van der Waals surface area contributed by atoms with Gasteiger partial charge < -0.3 is 9.26 Å². The number of thioether (sulfide) groups is 1.